The molecule has 1 aromatic heterocycles. The fourth-order valence-corrected chi connectivity index (χ4v) is 4.03. The molecule has 2 aromatic rings. The van der Waals surface area contributed by atoms with Crippen molar-refractivity contribution in [1.29, 1.82) is 0 Å². The molecule has 1 aromatic carbocycles. The largest absolute Gasteiger partial charge is 0.393 e. The van der Waals surface area contributed by atoms with Crippen LogP contribution < -0.4 is 4.90 Å². The number of halogens is 1. The molecule has 122 valence electrons. The number of hydrogen-bond donors (Lipinski definition) is 1. The molecule has 0 amide bonds. The summed E-state index contributed by atoms with van der Waals surface area (Å²) in [6.07, 6.45) is 4.15. The van der Waals surface area contributed by atoms with Crippen LogP contribution in [0.4, 0.5) is 10.1 Å². The average Bonchev–Trinajstić information content (AvgIpc) is 3.04. The Labute approximate surface area is 134 Å². The van der Waals surface area contributed by atoms with E-state index in [0.717, 1.165) is 30.5 Å². The molecule has 1 N–H and O–H groups in total. The quantitative estimate of drug-likeness (QED) is 0.925. The molecule has 0 radical (unpaired) electrons. The number of para-hydroxylation sites is 1. The minimum atomic E-state index is -0.320. The fraction of sp³-hybridized carbons (Fsp3) is 0.500. The van der Waals surface area contributed by atoms with Crippen molar-refractivity contribution in [2.45, 2.75) is 31.4 Å². The minimum Gasteiger partial charge on any atom is -0.393 e. The minimum absolute atomic E-state index is 0.114. The molecule has 2 aliphatic heterocycles. The summed E-state index contributed by atoms with van der Waals surface area (Å²) in [5.74, 6) is -0.177. The number of aliphatic hydroxyl groups is 1. The van der Waals surface area contributed by atoms with Crippen molar-refractivity contribution >= 4 is 16.6 Å². The highest BCUT2D eigenvalue weighted by molar-refractivity contribution is 5.92. The molecule has 0 unspecified atom stereocenters. The van der Waals surface area contributed by atoms with Crippen LogP contribution in [0, 0.1) is 11.7 Å². The van der Waals surface area contributed by atoms with E-state index >= 15 is 0 Å². The van der Waals surface area contributed by atoms with Crippen LogP contribution >= 0.6 is 0 Å². The summed E-state index contributed by atoms with van der Waals surface area (Å²) in [4.78, 5) is 6.50. The van der Waals surface area contributed by atoms with Crippen LogP contribution in [0.25, 0.3) is 10.9 Å². The van der Waals surface area contributed by atoms with Crippen LogP contribution in [0.1, 0.15) is 19.3 Å². The van der Waals surface area contributed by atoms with Crippen molar-refractivity contribution in [3.05, 3.63) is 36.3 Å². The summed E-state index contributed by atoms with van der Waals surface area (Å²) in [6, 6.07) is 7.28. The van der Waals surface area contributed by atoms with E-state index in [1.54, 1.807) is 12.3 Å². The Balaban J connectivity index is 1.73. The summed E-state index contributed by atoms with van der Waals surface area (Å²) in [7, 11) is 0. The summed E-state index contributed by atoms with van der Waals surface area (Å²) >= 11 is 0. The summed E-state index contributed by atoms with van der Waals surface area (Å²) < 4.78 is 19.6. The predicted octanol–water partition coefficient (Wildman–Crippen LogP) is 2.74. The topological polar surface area (TPSA) is 45.6 Å². The zero-order chi connectivity index (χ0) is 15.8. The maximum Gasteiger partial charge on any atom is 0.149 e. The lowest BCUT2D eigenvalue weighted by atomic mass is 9.89. The van der Waals surface area contributed by atoms with Gasteiger partial charge in [-0.05, 0) is 31.4 Å². The average molecular weight is 316 g/mol. The highest BCUT2D eigenvalue weighted by atomic mass is 19.1. The van der Waals surface area contributed by atoms with Crippen molar-refractivity contribution in [2.24, 2.45) is 5.92 Å². The molecule has 2 fully saturated rings. The molecule has 0 bridgehead atoms. The van der Waals surface area contributed by atoms with E-state index in [-0.39, 0.29) is 23.9 Å². The van der Waals surface area contributed by atoms with Gasteiger partial charge in [0.15, 0.2) is 0 Å². The van der Waals surface area contributed by atoms with Gasteiger partial charge in [0.1, 0.15) is 11.3 Å². The van der Waals surface area contributed by atoms with Crippen LogP contribution in [0.3, 0.4) is 0 Å². The van der Waals surface area contributed by atoms with Crippen molar-refractivity contribution in [2.75, 3.05) is 24.7 Å². The van der Waals surface area contributed by atoms with E-state index in [2.05, 4.69) is 9.88 Å². The lowest BCUT2D eigenvalue weighted by molar-refractivity contribution is -0.0437. The normalized spacial score (nSPS) is 28.4. The zero-order valence-corrected chi connectivity index (χ0v) is 13.0. The van der Waals surface area contributed by atoms with E-state index in [9.17, 15) is 9.50 Å². The van der Waals surface area contributed by atoms with Gasteiger partial charge in [0.05, 0.1) is 12.7 Å². The molecule has 2 saturated heterocycles. The van der Waals surface area contributed by atoms with E-state index in [0.29, 0.717) is 25.2 Å². The number of anilines is 1. The Morgan fingerprint density at radius 3 is 3.04 bits per heavy atom. The number of fused-ring (bicyclic) bond motifs is 1. The van der Waals surface area contributed by atoms with Crippen molar-refractivity contribution in [3.63, 3.8) is 0 Å². The first-order valence-electron chi connectivity index (χ1n) is 8.31. The molecule has 3 heterocycles. The maximum absolute atomic E-state index is 14.0. The molecule has 0 saturated carbocycles. The number of aliphatic hydroxyl groups excluding tert-OH is 1. The number of aromatic nitrogens is 1. The summed E-state index contributed by atoms with van der Waals surface area (Å²) in [5.41, 5.74) is 1.42. The Morgan fingerprint density at radius 2 is 2.17 bits per heavy atom. The number of hydrogen-bond acceptors (Lipinski definition) is 4. The van der Waals surface area contributed by atoms with Gasteiger partial charge in [0.25, 0.3) is 0 Å². The lowest BCUT2D eigenvalue weighted by Crippen LogP contribution is -2.46. The van der Waals surface area contributed by atoms with E-state index < -0.39 is 0 Å². The molecule has 0 aliphatic carbocycles. The molecule has 3 atom stereocenters. The second-order valence-corrected chi connectivity index (χ2v) is 6.46. The van der Waals surface area contributed by atoms with Gasteiger partial charge in [-0.1, -0.05) is 12.1 Å². The number of rotatable bonds is 2. The van der Waals surface area contributed by atoms with Crippen LogP contribution in [-0.4, -0.2) is 42.0 Å². The van der Waals surface area contributed by atoms with Gasteiger partial charge in [-0.25, -0.2) is 4.39 Å². The molecule has 23 heavy (non-hydrogen) atoms. The third-order valence-corrected chi connectivity index (χ3v) is 5.16. The third-order valence-electron chi connectivity index (χ3n) is 5.16. The van der Waals surface area contributed by atoms with Gasteiger partial charge < -0.3 is 14.7 Å². The molecule has 2 aliphatic rings. The van der Waals surface area contributed by atoms with Gasteiger partial charge in [0, 0.05) is 42.4 Å². The van der Waals surface area contributed by atoms with Crippen molar-refractivity contribution in [3.8, 4) is 0 Å². The SMILES string of the molecule is O[C@@H]1CCOC[C@H]1[C@H]1CCCN1c1ccnc2c(F)cccc12. The standard InChI is InChI=1S/C18H21FN2O2/c19-14-4-1-3-12-16(6-8-20-18(12)14)21-9-2-5-15(21)13-11-23-10-7-17(13)22/h1,3-4,6,8,13,15,17,22H,2,5,7,9-11H2/t13-,15+,17+/m0/s1. The van der Waals surface area contributed by atoms with E-state index in [4.69, 9.17) is 4.74 Å². The number of benzene rings is 1. The molecule has 5 heteroatoms. The van der Waals surface area contributed by atoms with Crippen LogP contribution in [0.2, 0.25) is 0 Å². The first kappa shape index (κ1) is 14.8. The first-order chi connectivity index (χ1) is 11.3. The van der Waals surface area contributed by atoms with Crippen molar-refractivity contribution in [1.82, 2.24) is 4.98 Å². The summed E-state index contributed by atoms with van der Waals surface area (Å²) in [5, 5.41) is 11.2. The van der Waals surface area contributed by atoms with Crippen molar-refractivity contribution < 1.29 is 14.2 Å². The number of pyridine rings is 1. The smallest absolute Gasteiger partial charge is 0.149 e. The second kappa shape index (κ2) is 6.06. The van der Waals surface area contributed by atoms with Crippen LogP contribution in [-0.2, 0) is 4.74 Å². The molecule has 4 nitrogen and oxygen atoms in total. The second-order valence-electron chi connectivity index (χ2n) is 6.46. The molecule has 4 rings (SSSR count). The third kappa shape index (κ3) is 2.58. The lowest BCUT2D eigenvalue weighted by Gasteiger charge is -2.38. The Bertz CT molecular complexity index is 708. The zero-order valence-electron chi connectivity index (χ0n) is 13.0. The Hall–Kier alpha value is -1.72. The Kier molecular flexibility index (Phi) is 3.91. The Morgan fingerprint density at radius 1 is 1.26 bits per heavy atom. The van der Waals surface area contributed by atoms with Gasteiger partial charge in [0.2, 0.25) is 0 Å². The predicted molar refractivity (Wildman–Crippen MR) is 87.0 cm³/mol. The molecular weight excluding hydrogens is 295 g/mol. The molecule has 0 spiro atoms. The van der Waals surface area contributed by atoms with E-state index in [1.807, 2.05) is 12.1 Å². The first-order valence-corrected chi connectivity index (χ1v) is 8.31. The maximum atomic E-state index is 14.0. The fourth-order valence-electron chi connectivity index (χ4n) is 4.03. The van der Waals surface area contributed by atoms with Gasteiger partial charge in [-0.2, -0.15) is 0 Å². The number of nitrogens with zero attached hydrogens (tertiary/aromatic N) is 2. The van der Waals surface area contributed by atoms with E-state index in [1.165, 1.54) is 6.07 Å². The molecular formula is C18H21FN2O2. The highest BCUT2D eigenvalue weighted by Crippen LogP contribution is 2.36. The van der Waals surface area contributed by atoms with Crippen LogP contribution in [0.5, 0.6) is 0 Å². The van der Waals surface area contributed by atoms with Gasteiger partial charge in [-0.15, -0.1) is 0 Å². The summed E-state index contributed by atoms with van der Waals surface area (Å²) in [6.45, 7) is 2.15. The van der Waals surface area contributed by atoms with Gasteiger partial charge >= 0.3 is 0 Å². The highest BCUT2D eigenvalue weighted by Gasteiger charge is 2.38. The monoisotopic (exact) mass is 316 g/mol. The van der Waals surface area contributed by atoms with Crippen LogP contribution in [0.15, 0.2) is 30.5 Å². The number of ether oxygens (including phenoxy) is 1. The van der Waals surface area contributed by atoms with Gasteiger partial charge in [-0.3, -0.25) is 4.98 Å².